The number of phenolic OH excluding ortho intramolecular Hbond substituents is 2. The molecule has 0 saturated heterocycles. The molecule has 0 bridgehead atoms. The zero-order valence-corrected chi connectivity index (χ0v) is 11.7. The summed E-state index contributed by atoms with van der Waals surface area (Å²) in [5.41, 5.74) is -1.55. The SMILES string of the molecule is Cn1[nH]c(=O)c(=O)nc1SCC(=O)c1ccc(O)c(O)c1. The molecule has 0 aliphatic rings. The minimum atomic E-state index is -0.926. The van der Waals surface area contributed by atoms with E-state index in [1.165, 1.54) is 23.9 Å². The number of aryl methyl sites for hydroxylation is 1. The molecule has 0 aliphatic heterocycles. The number of phenols is 2. The van der Waals surface area contributed by atoms with Crippen LogP contribution in [0.2, 0.25) is 0 Å². The van der Waals surface area contributed by atoms with Crippen molar-refractivity contribution < 1.29 is 15.0 Å². The molecule has 0 spiro atoms. The predicted molar refractivity (Wildman–Crippen MR) is 74.9 cm³/mol. The molecule has 0 amide bonds. The quantitative estimate of drug-likeness (QED) is 0.310. The second kappa shape index (κ2) is 5.83. The molecule has 0 unspecified atom stereocenters. The molecule has 0 radical (unpaired) electrons. The van der Waals surface area contributed by atoms with E-state index < -0.39 is 11.1 Å². The summed E-state index contributed by atoms with van der Waals surface area (Å²) in [4.78, 5) is 37.7. The first-order valence-electron chi connectivity index (χ1n) is 5.74. The molecule has 1 heterocycles. The highest BCUT2D eigenvalue weighted by molar-refractivity contribution is 7.99. The number of Topliss-reactive ketones (excluding diaryl/α,β-unsaturated/α-hetero) is 1. The van der Waals surface area contributed by atoms with Crippen LogP contribution in [0.1, 0.15) is 10.4 Å². The van der Waals surface area contributed by atoms with E-state index in [2.05, 4.69) is 10.1 Å². The van der Waals surface area contributed by atoms with Crippen molar-refractivity contribution in [2.75, 3.05) is 5.75 Å². The first-order valence-corrected chi connectivity index (χ1v) is 6.72. The monoisotopic (exact) mass is 309 g/mol. The number of aromatic hydroxyl groups is 2. The van der Waals surface area contributed by atoms with Crippen molar-refractivity contribution in [3.8, 4) is 11.5 Å². The molecular weight excluding hydrogens is 298 g/mol. The van der Waals surface area contributed by atoms with E-state index in [9.17, 15) is 24.6 Å². The fourth-order valence-electron chi connectivity index (χ4n) is 1.50. The number of hydrogen-bond donors (Lipinski definition) is 3. The van der Waals surface area contributed by atoms with E-state index >= 15 is 0 Å². The lowest BCUT2D eigenvalue weighted by molar-refractivity contribution is 0.102. The normalized spacial score (nSPS) is 10.5. The highest BCUT2D eigenvalue weighted by atomic mass is 32.2. The molecule has 8 nitrogen and oxygen atoms in total. The molecule has 9 heteroatoms. The average Bonchev–Trinajstić information content (AvgIpc) is 2.44. The van der Waals surface area contributed by atoms with Crippen molar-refractivity contribution in [3.05, 3.63) is 44.5 Å². The smallest absolute Gasteiger partial charge is 0.339 e. The number of H-pyrrole nitrogens is 1. The molecular formula is C12H11N3O5S. The zero-order chi connectivity index (χ0) is 15.6. The summed E-state index contributed by atoms with van der Waals surface area (Å²) in [6.45, 7) is 0. The first-order chi connectivity index (χ1) is 9.88. The Morgan fingerprint density at radius 3 is 2.71 bits per heavy atom. The third-order valence-corrected chi connectivity index (χ3v) is 3.61. The first kappa shape index (κ1) is 14.9. The number of carbonyl (C=O) groups excluding carboxylic acids is 1. The van der Waals surface area contributed by atoms with Gasteiger partial charge in [-0.1, -0.05) is 11.8 Å². The second-order valence-corrected chi connectivity index (χ2v) is 5.06. The topological polar surface area (TPSA) is 125 Å². The highest BCUT2D eigenvalue weighted by Gasteiger charge is 2.12. The van der Waals surface area contributed by atoms with Gasteiger partial charge in [-0.2, -0.15) is 4.98 Å². The molecule has 0 fully saturated rings. The average molecular weight is 309 g/mol. The van der Waals surface area contributed by atoms with Gasteiger partial charge in [0.15, 0.2) is 22.4 Å². The third kappa shape index (κ3) is 3.31. The standard InChI is InChI=1S/C12H11N3O5S/c1-15-12(13-10(19)11(20)14-15)21-5-9(18)6-2-3-7(16)8(17)4-6/h2-4,16-17H,5H2,1H3,(H,14,20). The fourth-order valence-corrected chi connectivity index (χ4v) is 2.31. The van der Waals surface area contributed by atoms with Gasteiger partial charge in [0.05, 0.1) is 5.75 Å². The molecule has 3 N–H and O–H groups in total. The molecule has 0 saturated carbocycles. The maximum atomic E-state index is 11.9. The minimum Gasteiger partial charge on any atom is -0.504 e. The van der Waals surface area contributed by atoms with Gasteiger partial charge in [0.1, 0.15) is 0 Å². The van der Waals surface area contributed by atoms with Crippen LogP contribution in [0.4, 0.5) is 0 Å². The summed E-state index contributed by atoms with van der Waals surface area (Å²) in [5.74, 6) is -1.07. The van der Waals surface area contributed by atoms with Gasteiger partial charge in [-0.3, -0.25) is 24.2 Å². The van der Waals surface area contributed by atoms with Gasteiger partial charge < -0.3 is 10.2 Å². The molecule has 1 aromatic heterocycles. The number of aromatic nitrogens is 3. The second-order valence-electron chi connectivity index (χ2n) is 4.11. The number of nitrogens with zero attached hydrogens (tertiary/aromatic N) is 2. The van der Waals surface area contributed by atoms with Crippen LogP contribution in [-0.2, 0) is 7.05 Å². The molecule has 110 valence electrons. The number of nitrogens with one attached hydrogen (secondary N) is 1. The van der Waals surface area contributed by atoms with Crippen molar-refractivity contribution in [3.63, 3.8) is 0 Å². The molecule has 0 atom stereocenters. The van der Waals surface area contributed by atoms with Gasteiger partial charge >= 0.3 is 11.1 Å². The lowest BCUT2D eigenvalue weighted by atomic mass is 10.1. The van der Waals surface area contributed by atoms with Crippen molar-refractivity contribution in [1.29, 1.82) is 0 Å². The number of hydrogen-bond acceptors (Lipinski definition) is 7. The van der Waals surface area contributed by atoms with Crippen LogP contribution in [0.5, 0.6) is 11.5 Å². The van der Waals surface area contributed by atoms with Crippen LogP contribution in [0.15, 0.2) is 32.9 Å². The Hall–Kier alpha value is -2.55. The largest absolute Gasteiger partial charge is 0.504 e. The van der Waals surface area contributed by atoms with Crippen LogP contribution in [0.3, 0.4) is 0 Å². The zero-order valence-electron chi connectivity index (χ0n) is 10.9. The lowest BCUT2D eigenvalue weighted by Gasteiger charge is -2.06. The summed E-state index contributed by atoms with van der Waals surface area (Å²) in [5, 5.41) is 21.0. The molecule has 0 aliphatic carbocycles. The molecule has 21 heavy (non-hydrogen) atoms. The number of rotatable bonds is 4. The summed E-state index contributed by atoms with van der Waals surface area (Å²) < 4.78 is 1.25. The highest BCUT2D eigenvalue weighted by Crippen LogP contribution is 2.25. The predicted octanol–water partition coefficient (Wildman–Crippen LogP) is -0.145. The summed E-state index contributed by atoms with van der Waals surface area (Å²) in [6, 6.07) is 3.73. The number of ketones is 1. The van der Waals surface area contributed by atoms with Crippen molar-refractivity contribution >= 4 is 17.5 Å². The van der Waals surface area contributed by atoms with E-state index in [4.69, 9.17) is 0 Å². The van der Waals surface area contributed by atoms with Crippen LogP contribution >= 0.6 is 11.8 Å². The van der Waals surface area contributed by atoms with Crippen LogP contribution in [-0.4, -0.2) is 36.5 Å². The Balaban J connectivity index is 2.14. The van der Waals surface area contributed by atoms with Crippen molar-refractivity contribution in [1.82, 2.24) is 14.8 Å². The van der Waals surface area contributed by atoms with Crippen LogP contribution in [0.25, 0.3) is 0 Å². The Morgan fingerprint density at radius 2 is 2.05 bits per heavy atom. The Kier molecular flexibility index (Phi) is 4.13. The lowest BCUT2D eigenvalue weighted by Crippen LogP contribution is -2.34. The molecule has 2 rings (SSSR count). The maximum Gasteiger partial charge on any atom is 0.339 e. The fraction of sp³-hybridized carbons (Fsp3) is 0.167. The van der Waals surface area contributed by atoms with Crippen molar-refractivity contribution in [2.45, 2.75) is 5.16 Å². The Morgan fingerprint density at radius 1 is 1.33 bits per heavy atom. The molecule has 1 aromatic carbocycles. The van der Waals surface area contributed by atoms with Gasteiger partial charge in [-0.15, -0.1) is 0 Å². The van der Waals surface area contributed by atoms with E-state index in [0.717, 1.165) is 17.8 Å². The van der Waals surface area contributed by atoms with Gasteiger partial charge in [-0.25, -0.2) is 0 Å². The molecule has 2 aromatic rings. The van der Waals surface area contributed by atoms with Crippen LogP contribution in [0, 0.1) is 0 Å². The van der Waals surface area contributed by atoms with E-state index in [1.807, 2.05) is 0 Å². The number of aromatic amines is 1. The Labute approximate surface area is 122 Å². The Bertz CT molecular complexity index is 811. The van der Waals surface area contributed by atoms with E-state index in [0.29, 0.717) is 0 Å². The van der Waals surface area contributed by atoms with Crippen LogP contribution < -0.4 is 11.1 Å². The van der Waals surface area contributed by atoms with Gasteiger partial charge in [0, 0.05) is 12.6 Å². The third-order valence-electron chi connectivity index (χ3n) is 2.58. The summed E-state index contributed by atoms with van der Waals surface area (Å²) >= 11 is 0.971. The number of carbonyl (C=O) groups is 1. The van der Waals surface area contributed by atoms with Gasteiger partial charge in [-0.05, 0) is 18.2 Å². The summed E-state index contributed by atoms with van der Waals surface area (Å²) in [6.07, 6.45) is 0. The summed E-state index contributed by atoms with van der Waals surface area (Å²) in [7, 11) is 1.49. The van der Waals surface area contributed by atoms with Crippen molar-refractivity contribution in [2.24, 2.45) is 7.05 Å². The number of thioether (sulfide) groups is 1. The van der Waals surface area contributed by atoms with E-state index in [1.54, 1.807) is 0 Å². The van der Waals surface area contributed by atoms with E-state index in [-0.39, 0.29) is 33.8 Å². The maximum absolute atomic E-state index is 11.9. The number of benzene rings is 1. The van der Waals surface area contributed by atoms with Gasteiger partial charge in [0.2, 0.25) is 0 Å². The van der Waals surface area contributed by atoms with Gasteiger partial charge in [0.25, 0.3) is 0 Å². The minimum absolute atomic E-state index is 0.0451.